The Morgan fingerprint density at radius 2 is 1.95 bits per heavy atom. The predicted molar refractivity (Wildman–Crippen MR) is 135 cm³/mol. The third-order valence-corrected chi connectivity index (χ3v) is 5.67. The van der Waals surface area contributed by atoms with Gasteiger partial charge in [0.2, 0.25) is 5.88 Å². The van der Waals surface area contributed by atoms with Crippen LogP contribution in [0.4, 0.5) is 29.5 Å². The first-order chi connectivity index (χ1) is 17.8. The van der Waals surface area contributed by atoms with Gasteiger partial charge in [-0.15, -0.1) is 0 Å². The zero-order valence-electron chi connectivity index (χ0n) is 21.2. The van der Waals surface area contributed by atoms with E-state index in [1.165, 1.54) is 18.5 Å². The topological polar surface area (TPSA) is 98.7 Å². The Hall–Kier alpha value is -3.54. The number of hydrogen-bond donors (Lipinski definition) is 1. The number of anilines is 2. The lowest BCUT2D eigenvalue weighted by molar-refractivity contribution is -0.0230. The number of nitrogens with zero attached hydrogens (tertiary/aromatic N) is 4. The molecule has 2 aromatic heterocycles. The second-order valence-electron chi connectivity index (χ2n) is 9.92. The maximum absolute atomic E-state index is 14.9. The highest BCUT2D eigenvalue weighted by Gasteiger charge is 2.31. The number of benzene rings is 1. The van der Waals surface area contributed by atoms with Crippen molar-refractivity contribution in [1.82, 2.24) is 19.9 Å². The third-order valence-electron chi connectivity index (χ3n) is 5.32. The number of ether oxygens (including phenoxy) is 3. The number of hydrogen-bond acceptors (Lipinski definition) is 8. The summed E-state index contributed by atoms with van der Waals surface area (Å²) >= 11 is 6.01. The van der Waals surface area contributed by atoms with Crippen LogP contribution in [0.15, 0.2) is 30.6 Å². The summed E-state index contributed by atoms with van der Waals surface area (Å²) in [6, 6.07) is 5.89. The Bertz CT molecular complexity index is 1330. The van der Waals surface area contributed by atoms with Gasteiger partial charge in [-0.2, -0.15) is 0 Å². The largest absolute Gasteiger partial charge is 0.486 e. The minimum Gasteiger partial charge on any atom is -0.486 e. The molecule has 0 aliphatic carbocycles. The van der Waals surface area contributed by atoms with Crippen LogP contribution in [0.1, 0.15) is 34.1 Å². The second kappa shape index (κ2) is 10.7. The quantitative estimate of drug-likeness (QED) is 0.381. The average Bonchev–Trinajstić information content (AvgIpc) is 3.29. The first-order valence-corrected chi connectivity index (χ1v) is 12.2. The minimum atomic E-state index is -3.10. The van der Waals surface area contributed by atoms with Crippen LogP contribution in [0, 0.1) is 5.82 Å². The predicted octanol–water partition coefficient (Wildman–Crippen LogP) is 5.98. The molecule has 1 aliphatic heterocycles. The van der Waals surface area contributed by atoms with Crippen LogP contribution in [-0.4, -0.2) is 63.3 Å². The van der Waals surface area contributed by atoms with E-state index in [0.29, 0.717) is 37.5 Å². The molecule has 0 spiro atoms. The Morgan fingerprint density at radius 1 is 1.18 bits per heavy atom. The molecule has 1 aromatic carbocycles. The van der Waals surface area contributed by atoms with Crippen molar-refractivity contribution in [3.63, 3.8) is 0 Å². The van der Waals surface area contributed by atoms with Gasteiger partial charge in [0.05, 0.1) is 17.7 Å². The van der Waals surface area contributed by atoms with Crippen molar-refractivity contribution in [2.24, 2.45) is 0 Å². The molecule has 3 heterocycles. The summed E-state index contributed by atoms with van der Waals surface area (Å²) in [6.45, 7) is 5.97. The zero-order valence-corrected chi connectivity index (χ0v) is 22.0. The Morgan fingerprint density at radius 3 is 2.66 bits per heavy atom. The van der Waals surface area contributed by atoms with Crippen LogP contribution < -0.4 is 14.8 Å². The standard InChI is InChI=1S/C25H27ClF3N5O4/c1-24(2,3)38-23(35)34-10-9-14(11-34)37-18-8-6-16-21(33-18)22(31-13-30-16)32-15-5-7-17(19(26)20(15)27)36-12-25(4,28)29/h5-8,13-14H,9-12H2,1-4H3,(H,30,31,32)/t14-/m0/s1. The van der Waals surface area contributed by atoms with Crippen molar-refractivity contribution < 1.29 is 32.2 Å². The van der Waals surface area contributed by atoms with E-state index in [4.69, 9.17) is 25.8 Å². The molecule has 0 saturated carbocycles. The number of nitrogens with one attached hydrogen (secondary N) is 1. The van der Waals surface area contributed by atoms with Gasteiger partial charge in [0.25, 0.3) is 5.92 Å². The molecular formula is C25H27ClF3N5O4. The van der Waals surface area contributed by atoms with Gasteiger partial charge in [-0.05, 0) is 39.0 Å². The molecule has 1 fully saturated rings. The van der Waals surface area contributed by atoms with Crippen LogP contribution in [0.3, 0.4) is 0 Å². The van der Waals surface area contributed by atoms with Crippen LogP contribution in [0.5, 0.6) is 11.6 Å². The third kappa shape index (κ3) is 6.85. The van der Waals surface area contributed by atoms with Crippen LogP contribution in [-0.2, 0) is 4.74 Å². The highest BCUT2D eigenvalue weighted by Crippen LogP contribution is 2.35. The van der Waals surface area contributed by atoms with Gasteiger partial charge >= 0.3 is 6.09 Å². The lowest BCUT2D eigenvalue weighted by Crippen LogP contribution is -2.36. The van der Waals surface area contributed by atoms with Gasteiger partial charge in [0.15, 0.2) is 18.2 Å². The monoisotopic (exact) mass is 553 g/mol. The molecule has 1 atom stereocenters. The molecule has 0 bridgehead atoms. The van der Waals surface area contributed by atoms with Crippen LogP contribution >= 0.6 is 11.6 Å². The molecule has 9 nitrogen and oxygen atoms in total. The molecule has 0 unspecified atom stereocenters. The number of carbonyl (C=O) groups excluding carboxylic acids is 1. The van der Waals surface area contributed by atoms with E-state index >= 15 is 0 Å². The summed E-state index contributed by atoms with van der Waals surface area (Å²) in [4.78, 5) is 26.7. The molecule has 204 valence electrons. The van der Waals surface area contributed by atoms with Gasteiger partial charge < -0.3 is 24.4 Å². The van der Waals surface area contributed by atoms with E-state index in [1.807, 2.05) is 0 Å². The summed E-state index contributed by atoms with van der Waals surface area (Å²) in [6.07, 6.45) is 1.17. The number of pyridine rings is 1. The molecule has 13 heteroatoms. The molecule has 1 aliphatic rings. The fourth-order valence-electron chi connectivity index (χ4n) is 3.64. The van der Waals surface area contributed by atoms with Gasteiger partial charge in [-0.1, -0.05) is 11.6 Å². The summed E-state index contributed by atoms with van der Waals surface area (Å²) in [5.41, 5.74) is 0.102. The number of aromatic nitrogens is 3. The summed E-state index contributed by atoms with van der Waals surface area (Å²) < 4.78 is 57.5. The fourth-order valence-corrected chi connectivity index (χ4v) is 3.86. The van der Waals surface area contributed by atoms with Crippen molar-refractivity contribution in [1.29, 1.82) is 0 Å². The number of amides is 1. The number of halogens is 4. The normalized spacial score (nSPS) is 16.0. The van der Waals surface area contributed by atoms with Crippen molar-refractivity contribution in [2.45, 2.75) is 51.7 Å². The van der Waals surface area contributed by atoms with Crippen molar-refractivity contribution in [3.8, 4) is 11.6 Å². The van der Waals surface area contributed by atoms with Gasteiger partial charge in [-0.25, -0.2) is 32.9 Å². The SMILES string of the molecule is CC(F)(F)COc1ccc(Nc2ncnc3ccc(O[C@H]4CCN(C(=O)OC(C)(C)C)C4)nc23)c(F)c1Cl. The number of rotatable bonds is 7. The number of carbonyl (C=O) groups is 1. The van der Waals surface area contributed by atoms with Gasteiger partial charge in [-0.3, -0.25) is 0 Å². The number of fused-ring (bicyclic) bond motifs is 1. The Labute approximate surface area is 222 Å². The Kier molecular flexibility index (Phi) is 7.73. The number of alkyl halides is 2. The fraction of sp³-hybridized carbons (Fsp3) is 0.440. The van der Waals surface area contributed by atoms with E-state index < -0.39 is 35.1 Å². The minimum absolute atomic E-state index is 0.0671. The van der Waals surface area contributed by atoms with E-state index in [9.17, 15) is 18.0 Å². The molecule has 1 amide bonds. The van der Waals surface area contributed by atoms with Crippen molar-refractivity contribution in [3.05, 3.63) is 41.4 Å². The lowest BCUT2D eigenvalue weighted by atomic mass is 10.2. The van der Waals surface area contributed by atoms with Crippen molar-refractivity contribution >= 4 is 40.2 Å². The maximum atomic E-state index is 14.9. The zero-order chi connectivity index (χ0) is 27.7. The van der Waals surface area contributed by atoms with E-state index in [2.05, 4.69) is 20.3 Å². The molecule has 4 rings (SSSR count). The molecule has 3 aromatic rings. The first kappa shape index (κ1) is 27.5. The molecular weight excluding hydrogens is 527 g/mol. The molecule has 0 radical (unpaired) electrons. The second-order valence-corrected chi connectivity index (χ2v) is 10.3. The summed E-state index contributed by atoms with van der Waals surface area (Å²) in [5, 5.41) is 2.37. The lowest BCUT2D eigenvalue weighted by Gasteiger charge is -2.24. The van der Waals surface area contributed by atoms with E-state index in [-0.39, 0.29) is 29.2 Å². The average molecular weight is 554 g/mol. The van der Waals surface area contributed by atoms with E-state index in [0.717, 1.165) is 0 Å². The van der Waals surface area contributed by atoms with E-state index in [1.54, 1.807) is 37.8 Å². The molecule has 1 N–H and O–H groups in total. The van der Waals surface area contributed by atoms with Crippen molar-refractivity contribution in [2.75, 3.05) is 25.0 Å². The van der Waals surface area contributed by atoms with Gasteiger partial charge in [0, 0.05) is 26.0 Å². The Balaban J connectivity index is 1.49. The molecule has 38 heavy (non-hydrogen) atoms. The summed E-state index contributed by atoms with van der Waals surface area (Å²) in [7, 11) is 0. The number of likely N-dealkylation sites (tertiary alicyclic amines) is 1. The van der Waals surface area contributed by atoms with Crippen LogP contribution in [0.25, 0.3) is 11.0 Å². The highest BCUT2D eigenvalue weighted by molar-refractivity contribution is 6.32. The maximum Gasteiger partial charge on any atom is 0.410 e. The highest BCUT2D eigenvalue weighted by atomic mass is 35.5. The smallest absolute Gasteiger partial charge is 0.410 e. The summed E-state index contributed by atoms with van der Waals surface area (Å²) in [5.74, 6) is -3.78. The molecule has 1 saturated heterocycles. The van der Waals surface area contributed by atoms with Gasteiger partial charge in [0.1, 0.15) is 34.3 Å². The van der Waals surface area contributed by atoms with Crippen LogP contribution in [0.2, 0.25) is 5.02 Å². The first-order valence-electron chi connectivity index (χ1n) is 11.8.